The summed E-state index contributed by atoms with van der Waals surface area (Å²) in [7, 11) is 0. The Morgan fingerprint density at radius 3 is 2.59 bits per heavy atom. The first-order valence-corrected chi connectivity index (χ1v) is 9.62. The zero-order chi connectivity index (χ0) is 21.0. The van der Waals surface area contributed by atoms with Crippen LogP contribution < -0.4 is 5.32 Å². The van der Waals surface area contributed by atoms with E-state index < -0.39 is 11.6 Å². The number of cyclic esters (lactones) is 1. The highest BCUT2D eigenvalue weighted by Gasteiger charge is 2.30. The van der Waals surface area contributed by atoms with Crippen LogP contribution in [0.1, 0.15) is 38.3 Å². The third-order valence-electron chi connectivity index (χ3n) is 5.14. The van der Waals surface area contributed by atoms with E-state index in [9.17, 15) is 18.4 Å². The number of halogens is 2. The second-order valence-corrected chi connectivity index (χ2v) is 7.18. The molecule has 2 amide bonds. The van der Waals surface area contributed by atoms with E-state index in [1.165, 1.54) is 19.1 Å². The molecule has 1 N–H and O–H groups in total. The largest absolute Gasteiger partial charge is 0.446 e. The van der Waals surface area contributed by atoms with Gasteiger partial charge >= 0.3 is 6.09 Å². The first-order chi connectivity index (χ1) is 13.8. The summed E-state index contributed by atoms with van der Waals surface area (Å²) in [6.45, 7) is 4.39. The Bertz CT molecular complexity index is 886. The predicted octanol–water partition coefficient (Wildman–Crippen LogP) is 4.43. The summed E-state index contributed by atoms with van der Waals surface area (Å²) in [5.74, 6) is -1.34. The number of amides is 2. The van der Waals surface area contributed by atoms with Gasteiger partial charge in [-0.05, 0) is 30.2 Å². The fourth-order valence-corrected chi connectivity index (χ4v) is 3.45. The van der Waals surface area contributed by atoms with E-state index in [0.717, 1.165) is 11.6 Å². The van der Waals surface area contributed by atoms with E-state index >= 15 is 0 Å². The summed E-state index contributed by atoms with van der Waals surface area (Å²) in [5.41, 5.74) is 1.85. The lowest BCUT2D eigenvalue weighted by Crippen LogP contribution is -2.44. The minimum absolute atomic E-state index is 0.105. The van der Waals surface area contributed by atoms with E-state index in [1.54, 1.807) is 17.0 Å². The smallest absolute Gasteiger partial charge is 0.410 e. The van der Waals surface area contributed by atoms with Crippen molar-refractivity contribution in [2.24, 2.45) is 0 Å². The highest BCUT2D eigenvalue weighted by atomic mass is 19.1. The lowest BCUT2D eigenvalue weighted by Gasteiger charge is -2.36. The van der Waals surface area contributed by atoms with Gasteiger partial charge in [0.1, 0.15) is 17.7 Å². The van der Waals surface area contributed by atoms with Crippen molar-refractivity contribution in [2.45, 2.75) is 38.8 Å². The molecule has 1 saturated heterocycles. The molecule has 0 spiro atoms. The molecule has 0 aliphatic carbocycles. The SMILES string of the molecule is CC(=O)NCCC1CCN(C(C)c2ccc(-c3ccc(F)cc3F)cc2)C(=O)O1. The molecule has 0 radical (unpaired) electrons. The zero-order valence-corrected chi connectivity index (χ0v) is 16.5. The molecule has 2 atom stereocenters. The molecular weight excluding hydrogens is 378 g/mol. The molecule has 3 rings (SSSR count). The summed E-state index contributed by atoms with van der Waals surface area (Å²) in [6, 6.07) is 10.5. The van der Waals surface area contributed by atoms with Crippen molar-refractivity contribution in [3.8, 4) is 11.1 Å². The van der Waals surface area contributed by atoms with Crippen LogP contribution in [0.5, 0.6) is 0 Å². The number of rotatable bonds is 6. The second-order valence-electron chi connectivity index (χ2n) is 7.18. The Morgan fingerprint density at radius 1 is 1.24 bits per heavy atom. The third kappa shape index (κ3) is 5.10. The maximum absolute atomic E-state index is 14.0. The maximum Gasteiger partial charge on any atom is 0.410 e. The van der Waals surface area contributed by atoms with Gasteiger partial charge in [0.25, 0.3) is 0 Å². The number of ether oxygens (including phenoxy) is 1. The van der Waals surface area contributed by atoms with Gasteiger partial charge in [-0.3, -0.25) is 4.79 Å². The fraction of sp³-hybridized carbons (Fsp3) is 0.364. The average Bonchev–Trinajstić information content (AvgIpc) is 2.67. The van der Waals surface area contributed by atoms with Crippen LogP contribution in [-0.2, 0) is 9.53 Å². The van der Waals surface area contributed by atoms with Crippen LogP contribution in [0.2, 0.25) is 0 Å². The number of nitrogens with one attached hydrogen (secondary N) is 1. The van der Waals surface area contributed by atoms with Gasteiger partial charge in [-0.2, -0.15) is 0 Å². The van der Waals surface area contributed by atoms with Gasteiger partial charge in [-0.1, -0.05) is 24.3 Å². The normalized spacial score (nSPS) is 17.6. The first kappa shape index (κ1) is 20.8. The Kier molecular flexibility index (Phi) is 6.46. The molecule has 0 bridgehead atoms. The van der Waals surface area contributed by atoms with Gasteiger partial charge in [0.15, 0.2) is 0 Å². The van der Waals surface area contributed by atoms with Crippen LogP contribution in [0.15, 0.2) is 42.5 Å². The lowest BCUT2D eigenvalue weighted by atomic mass is 10.00. The molecule has 154 valence electrons. The second kappa shape index (κ2) is 9.03. The molecule has 0 saturated carbocycles. The van der Waals surface area contributed by atoms with Crippen molar-refractivity contribution in [3.05, 3.63) is 59.7 Å². The van der Waals surface area contributed by atoms with E-state index in [2.05, 4.69) is 5.32 Å². The Balaban J connectivity index is 1.62. The van der Waals surface area contributed by atoms with Crippen LogP contribution in [0.3, 0.4) is 0 Å². The van der Waals surface area contributed by atoms with Crippen molar-refractivity contribution in [1.29, 1.82) is 0 Å². The van der Waals surface area contributed by atoms with E-state index in [0.29, 0.717) is 37.1 Å². The number of carbonyl (C=O) groups is 2. The summed E-state index contributed by atoms with van der Waals surface area (Å²) in [4.78, 5) is 25.0. The molecule has 2 aromatic carbocycles. The molecule has 2 unspecified atom stereocenters. The van der Waals surface area contributed by atoms with Gasteiger partial charge in [0, 0.05) is 44.5 Å². The molecule has 7 heteroatoms. The standard InChI is InChI=1S/C22H24F2N2O3/c1-14(26-12-10-19(29-22(26)28)9-11-25-15(2)27)16-3-5-17(6-4-16)20-8-7-18(23)13-21(20)24/h3-8,13-14,19H,9-12H2,1-2H3,(H,25,27). The summed E-state index contributed by atoms with van der Waals surface area (Å²) < 4.78 is 32.6. The highest BCUT2D eigenvalue weighted by Crippen LogP contribution is 2.29. The maximum atomic E-state index is 14.0. The number of benzene rings is 2. The van der Waals surface area contributed by atoms with Gasteiger partial charge in [0.05, 0.1) is 6.04 Å². The molecule has 1 heterocycles. The quantitative estimate of drug-likeness (QED) is 0.778. The fourth-order valence-electron chi connectivity index (χ4n) is 3.45. The molecular formula is C22H24F2N2O3. The number of nitrogens with zero attached hydrogens (tertiary/aromatic N) is 1. The molecule has 0 aromatic heterocycles. The van der Waals surface area contributed by atoms with Crippen LogP contribution >= 0.6 is 0 Å². The van der Waals surface area contributed by atoms with Gasteiger partial charge in [-0.15, -0.1) is 0 Å². The van der Waals surface area contributed by atoms with E-state index in [4.69, 9.17) is 4.74 Å². The van der Waals surface area contributed by atoms with Crippen molar-refractivity contribution in [2.75, 3.05) is 13.1 Å². The third-order valence-corrected chi connectivity index (χ3v) is 5.14. The molecule has 29 heavy (non-hydrogen) atoms. The van der Waals surface area contributed by atoms with Crippen LogP contribution in [0.4, 0.5) is 13.6 Å². The molecule has 2 aromatic rings. The summed E-state index contributed by atoms with van der Waals surface area (Å²) >= 11 is 0. The van der Waals surface area contributed by atoms with Crippen LogP contribution in [-0.4, -0.2) is 36.1 Å². The predicted molar refractivity (Wildman–Crippen MR) is 105 cm³/mol. The topological polar surface area (TPSA) is 58.6 Å². The van der Waals surface area contributed by atoms with Crippen LogP contribution in [0.25, 0.3) is 11.1 Å². The Morgan fingerprint density at radius 2 is 1.97 bits per heavy atom. The minimum Gasteiger partial charge on any atom is -0.446 e. The van der Waals surface area contributed by atoms with Crippen molar-refractivity contribution < 1.29 is 23.1 Å². The summed E-state index contributed by atoms with van der Waals surface area (Å²) in [6.07, 6.45) is 0.687. The van der Waals surface area contributed by atoms with Crippen molar-refractivity contribution in [1.82, 2.24) is 10.2 Å². The Hall–Kier alpha value is -2.96. The first-order valence-electron chi connectivity index (χ1n) is 9.62. The van der Waals surface area contributed by atoms with E-state index in [-0.39, 0.29) is 24.1 Å². The van der Waals surface area contributed by atoms with E-state index in [1.807, 2.05) is 19.1 Å². The van der Waals surface area contributed by atoms with Gasteiger partial charge in [0.2, 0.25) is 5.91 Å². The minimum atomic E-state index is -0.615. The highest BCUT2D eigenvalue weighted by molar-refractivity contribution is 5.72. The van der Waals surface area contributed by atoms with Crippen LogP contribution in [0, 0.1) is 11.6 Å². The van der Waals surface area contributed by atoms with Gasteiger partial charge in [-0.25, -0.2) is 13.6 Å². The monoisotopic (exact) mass is 402 g/mol. The average molecular weight is 402 g/mol. The number of carbonyl (C=O) groups excluding carboxylic acids is 2. The van der Waals surface area contributed by atoms with Crippen molar-refractivity contribution >= 4 is 12.0 Å². The molecule has 1 aliphatic rings. The zero-order valence-electron chi connectivity index (χ0n) is 16.5. The summed E-state index contributed by atoms with van der Waals surface area (Å²) in [5, 5.41) is 2.70. The molecule has 1 fully saturated rings. The van der Waals surface area contributed by atoms with Crippen molar-refractivity contribution in [3.63, 3.8) is 0 Å². The number of hydrogen-bond donors (Lipinski definition) is 1. The Labute approximate surface area is 168 Å². The molecule has 5 nitrogen and oxygen atoms in total. The number of hydrogen-bond acceptors (Lipinski definition) is 3. The lowest BCUT2D eigenvalue weighted by molar-refractivity contribution is -0.119. The molecule has 1 aliphatic heterocycles. The van der Waals surface area contributed by atoms with Gasteiger partial charge < -0.3 is 15.0 Å².